The molecule has 4 nitrogen and oxygen atoms in total. The highest BCUT2D eigenvalue weighted by atomic mass is 16.3. The van der Waals surface area contributed by atoms with E-state index in [1.54, 1.807) is 30.5 Å². The van der Waals surface area contributed by atoms with Crippen molar-refractivity contribution in [2.24, 2.45) is 0 Å². The van der Waals surface area contributed by atoms with E-state index in [2.05, 4.69) is 0 Å². The third kappa shape index (κ3) is 2.15. The summed E-state index contributed by atoms with van der Waals surface area (Å²) in [6.45, 7) is 1.99. The van der Waals surface area contributed by atoms with Gasteiger partial charge in [-0.05, 0) is 77.1 Å². The number of furan rings is 1. The Hall–Kier alpha value is -3.14. The van der Waals surface area contributed by atoms with Crippen molar-refractivity contribution in [3.8, 4) is 11.5 Å². The number of aryl methyl sites for hydroxylation is 1. The molecule has 0 saturated carbocycles. The number of benzene rings is 2. The lowest BCUT2D eigenvalue weighted by molar-refractivity contribution is 0.474. The van der Waals surface area contributed by atoms with Crippen LogP contribution < -0.4 is 5.73 Å². The van der Waals surface area contributed by atoms with Crippen molar-refractivity contribution in [2.75, 3.05) is 5.73 Å². The molecule has 0 bridgehead atoms. The molecule has 1 heterocycles. The van der Waals surface area contributed by atoms with E-state index in [-0.39, 0.29) is 11.5 Å². The van der Waals surface area contributed by atoms with Crippen LogP contribution in [0, 0.1) is 6.92 Å². The van der Waals surface area contributed by atoms with Gasteiger partial charge in [-0.15, -0.1) is 0 Å². The molecule has 0 spiro atoms. The highest BCUT2D eigenvalue weighted by Crippen LogP contribution is 2.46. The third-order valence-electron chi connectivity index (χ3n) is 4.56. The summed E-state index contributed by atoms with van der Waals surface area (Å²) in [7, 11) is 0. The Morgan fingerprint density at radius 1 is 0.958 bits per heavy atom. The van der Waals surface area contributed by atoms with Crippen molar-refractivity contribution >= 4 is 17.0 Å². The number of nitrogens with two attached hydrogens (primary N) is 1. The molecule has 0 radical (unpaired) electrons. The number of nitrogen functional groups attached to an aromatic ring is 1. The predicted octanol–water partition coefficient (Wildman–Crippen LogP) is 4.10. The van der Waals surface area contributed by atoms with Crippen molar-refractivity contribution in [2.45, 2.75) is 13.3 Å². The van der Waals surface area contributed by atoms with Crippen molar-refractivity contribution in [3.05, 3.63) is 76.5 Å². The van der Waals surface area contributed by atoms with Crippen molar-refractivity contribution in [1.82, 2.24) is 0 Å². The van der Waals surface area contributed by atoms with E-state index < -0.39 is 0 Å². The van der Waals surface area contributed by atoms with Crippen LogP contribution in [0.25, 0.3) is 11.1 Å². The molecule has 120 valence electrons. The van der Waals surface area contributed by atoms with Gasteiger partial charge < -0.3 is 20.4 Å². The molecule has 4 N–H and O–H groups in total. The molecule has 0 saturated heterocycles. The van der Waals surface area contributed by atoms with Gasteiger partial charge in [0, 0.05) is 5.56 Å². The van der Waals surface area contributed by atoms with Crippen LogP contribution in [0.2, 0.25) is 0 Å². The van der Waals surface area contributed by atoms with Crippen LogP contribution in [-0.2, 0) is 6.42 Å². The first-order valence-electron chi connectivity index (χ1n) is 7.73. The zero-order valence-electron chi connectivity index (χ0n) is 13.2. The van der Waals surface area contributed by atoms with E-state index in [9.17, 15) is 10.2 Å². The smallest absolute Gasteiger partial charge is 0.197 e. The first-order valence-corrected chi connectivity index (χ1v) is 7.73. The second kappa shape index (κ2) is 5.20. The predicted molar refractivity (Wildman–Crippen MR) is 93.7 cm³/mol. The number of aromatic hydroxyl groups is 2. The van der Waals surface area contributed by atoms with Gasteiger partial charge in [0.15, 0.2) is 5.88 Å². The molecule has 2 aromatic carbocycles. The van der Waals surface area contributed by atoms with E-state index in [4.69, 9.17) is 10.2 Å². The molecule has 0 atom stereocenters. The normalized spacial score (nSPS) is 13.4. The maximum absolute atomic E-state index is 10.0. The molecule has 0 amide bonds. The molecule has 0 fully saturated rings. The summed E-state index contributed by atoms with van der Waals surface area (Å²) in [5.74, 6) is 0.820. The Morgan fingerprint density at radius 3 is 2.38 bits per heavy atom. The molecule has 1 aliphatic rings. The van der Waals surface area contributed by atoms with Crippen LogP contribution in [0.1, 0.15) is 27.8 Å². The molecular formula is C20H17NO3. The summed E-state index contributed by atoms with van der Waals surface area (Å²) in [5, 5.41) is 19.6. The first-order chi connectivity index (χ1) is 11.5. The molecule has 0 unspecified atom stereocenters. The van der Waals surface area contributed by atoms with E-state index in [1.165, 1.54) is 5.56 Å². The molecular weight excluding hydrogens is 302 g/mol. The van der Waals surface area contributed by atoms with E-state index >= 15 is 0 Å². The van der Waals surface area contributed by atoms with Crippen LogP contribution in [-0.4, -0.2) is 10.2 Å². The van der Waals surface area contributed by atoms with Crippen molar-refractivity contribution in [1.29, 1.82) is 0 Å². The Morgan fingerprint density at radius 2 is 1.71 bits per heavy atom. The van der Waals surface area contributed by atoms with Gasteiger partial charge in [-0.2, -0.15) is 0 Å². The van der Waals surface area contributed by atoms with Gasteiger partial charge >= 0.3 is 0 Å². The zero-order valence-corrected chi connectivity index (χ0v) is 13.2. The van der Waals surface area contributed by atoms with Crippen molar-refractivity contribution in [3.63, 3.8) is 0 Å². The molecule has 4 heteroatoms. The molecule has 1 aliphatic carbocycles. The maximum Gasteiger partial charge on any atom is 0.197 e. The van der Waals surface area contributed by atoms with Crippen molar-refractivity contribution < 1.29 is 14.6 Å². The van der Waals surface area contributed by atoms with Crippen LogP contribution in [0.3, 0.4) is 0 Å². The lowest BCUT2D eigenvalue weighted by Gasteiger charge is -2.09. The van der Waals surface area contributed by atoms with Crippen LogP contribution in [0.15, 0.2) is 53.1 Å². The molecule has 3 aromatic rings. The summed E-state index contributed by atoms with van der Waals surface area (Å²) < 4.78 is 5.30. The molecule has 24 heavy (non-hydrogen) atoms. The topological polar surface area (TPSA) is 79.6 Å². The summed E-state index contributed by atoms with van der Waals surface area (Å²) in [5.41, 5.74) is 13.1. The lowest BCUT2D eigenvalue weighted by atomic mass is 9.95. The molecule has 4 rings (SSSR count). The second-order valence-electron chi connectivity index (χ2n) is 6.06. The van der Waals surface area contributed by atoms with E-state index in [0.29, 0.717) is 5.88 Å². The van der Waals surface area contributed by atoms with Crippen LogP contribution in [0.4, 0.5) is 5.88 Å². The third-order valence-corrected chi connectivity index (χ3v) is 4.56. The lowest BCUT2D eigenvalue weighted by Crippen LogP contribution is -1.93. The SMILES string of the molecule is Cc1cc(O)cc2c1CC(c1ccc(O)cc1)=C2c1ccoc1N. The number of hydrogen-bond acceptors (Lipinski definition) is 4. The standard InChI is InChI=1S/C20H17NO3/c1-11-8-14(23)9-18-16(11)10-17(12-2-4-13(22)5-3-12)19(18)15-6-7-24-20(15)21/h2-9,22-23H,10,21H2,1H3. The van der Waals surface area contributed by atoms with Gasteiger partial charge in [-0.3, -0.25) is 0 Å². The first kappa shape index (κ1) is 14.5. The minimum Gasteiger partial charge on any atom is -0.508 e. The summed E-state index contributed by atoms with van der Waals surface area (Å²) in [6.07, 6.45) is 2.31. The average molecular weight is 319 g/mol. The Balaban J connectivity index is 2.00. The number of hydrogen-bond donors (Lipinski definition) is 3. The Bertz CT molecular complexity index is 965. The summed E-state index contributed by atoms with van der Waals surface area (Å²) >= 11 is 0. The van der Waals surface area contributed by atoms with E-state index in [0.717, 1.165) is 39.8 Å². The fourth-order valence-corrected chi connectivity index (χ4v) is 3.43. The number of anilines is 1. The average Bonchev–Trinajstić information content (AvgIpc) is 3.11. The van der Waals surface area contributed by atoms with Gasteiger partial charge in [0.05, 0.1) is 6.26 Å². The van der Waals surface area contributed by atoms with Crippen LogP contribution >= 0.6 is 0 Å². The van der Waals surface area contributed by atoms with Crippen LogP contribution in [0.5, 0.6) is 11.5 Å². The quantitative estimate of drug-likeness (QED) is 0.664. The Labute approximate surface area is 139 Å². The number of rotatable bonds is 2. The fourth-order valence-electron chi connectivity index (χ4n) is 3.43. The van der Waals surface area contributed by atoms with E-state index in [1.807, 2.05) is 25.1 Å². The van der Waals surface area contributed by atoms with Gasteiger partial charge in [0.2, 0.25) is 0 Å². The molecule has 0 aliphatic heterocycles. The monoisotopic (exact) mass is 319 g/mol. The number of phenolic OH excluding ortho intramolecular Hbond substituents is 2. The zero-order chi connectivity index (χ0) is 16.8. The van der Waals surface area contributed by atoms with Gasteiger partial charge in [-0.1, -0.05) is 12.1 Å². The highest BCUT2D eigenvalue weighted by molar-refractivity contribution is 6.05. The summed E-state index contributed by atoms with van der Waals surface area (Å²) in [4.78, 5) is 0. The molecule has 1 aromatic heterocycles. The summed E-state index contributed by atoms with van der Waals surface area (Å²) in [6, 6.07) is 12.5. The number of fused-ring (bicyclic) bond motifs is 1. The minimum atomic E-state index is 0.230. The minimum absolute atomic E-state index is 0.230. The largest absolute Gasteiger partial charge is 0.508 e. The van der Waals surface area contributed by atoms with Gasteiger partial charge in [0.25, 0.3) is 0 Å². The fraction of sp³-hybridized carbons (Fsp3) is 0.100. The van der Waals surface area contributed by atoms with Gasteiger partial charge in [0.1, 0.15) is 11.5 Å². The highest BCUT2D eigenvalue weighted by Gasteiger charge is 2.27. The van der Waals surface area contributed by atoms with Gasteiger partial charge in [-0.25, -0.2) is 0 Å². The number of allylic oxidation sites excluding steroid dienone is 1. The Kier molecular flexibility index (Phi) is 3.13. The maximum atomic E-state index is 10.0. The number of phenols is 2. The second-order valence-corrected chi connectivity index (χ2v) is 6.06.